The van der Waals surface area contributed by atoms with Gasteiger partial charge in [0.1, 0.15) is 0 Å². The number of hydrogen-bond donors (Lipinski definition) is 2. The molecule has 2 N–H and O–H groups in total. The molecule has 1 aromatic heterocycles. The predicted octanol–water partition coefficient (Wildman–Crippen LogP) is 5.46. The molecule has 1 amide bonds. The summed E-state index contributed by atoms with van der Waals surface area (Å²) in [5, 5.41) is 18.7. The number of halogens is 1. The zero-order valence-electron chi connectivity index (χ0n) is 19.2. The Labute approximate surface area is 222 Å². The lowest BCUT2D eigenvalue weighted by Gasteiger charge is -2.12. The van der Waals surface area contributed by atoms with Crippen LogP contribution in [0.3, 0.4) is 0 Å². The number of allylic oxidation sites excluding steroid dienone is 1. The molecule has 0 radical (unpaired) electrons. The SMILES string of the molecule is C=CCn1c(CNc2ccc(I)cc2)nnc1S[C@@H](C)C(=O)NN=Cc1ccc2ccccc2c1. The van der Waals surface area contributed by atoms with Gasteiger partial charge in [0, 0.05) is 15.8 Å². The van der Waals surface area contributed by atoms with Gasteiger partial charge in [-0.15, -0.1) is 16.8 Å². The monoisotopic (exact) mass is 596 g/mol. The summed E-state index contributed by atoms with van der Waals surface area (Å²) in [6.07, 6.45) is 3.44. The Morgan fingerprint density at radius 1 is 1.14 bits per heavy atom. The molecular formula is C26H25IN6OS. The third kappa shape index (κ3) is 6.70. The minimum Gasteiger partial charge on any atom is -0.378 e. The Morgan fingerprint density at radius 3 is 2.69 bits per heavy atom. The highest BCUT2D eigenvalue weighted by atomic mass is 127. The van der Waals surface area contributed by atoms with E-state index in [-0.39, 0.29) is 5.91 Å². The number of thioether (sulfide) groups is 1. The van der Waals surface area contributed by atoms with Gasteiger partial charge in [0.15, 0.2) is 11.0 Å². The average molecular weight is 596 g/mol. The Kier molecular flexibility index (Phi) is 8.54. The first-order chi connectivity index (χ1) is 17.0. The van der Waals surface area contributed by atoms with Gasteiger partial charge in [-0.25, -0.2) is 5.43 Å². The van der Waals surface area contributed by atoms with Crippen molar-refractivity contribution in [2.24, 2.45) is 5.10 Å². The molecular weight excluding hydrogens is 571 g/mol. The number of nitrogens with zero attached hydrogens (tertiary/aromatic N) is 4. The van der Waals surface area contributed by atoms with E-state index in [1.807, 2.05) is 72.2 Å². The first kappa shape index (κ1) is 24.9. The van der Waals surface area contributed by atoms with E-state index in [9.17, 15) is 4.79 Å². The van der Waals surface area contributed by atoms with Crippen LogP contribution >= 0.6 is 34.4 Å². The summed E-state index contributed by atoms with van der Waals surface area (Å²) >= 11 is 3.61. The maximum atomic E-state index is 12.6. The molecule has 7 nitrogen and oxygen atoms in total. The van der Waals surface area contributed by atoms with Gasteiger partial charge in [0.2, 0.25) is 0 Å². The molecule has 0 aliphatic heterocycles. The second-order valence-electron chi connectivity index (χ2n) is 7.76. The van der Waals surface area contributed by atoms with Gasteiger partial charge in [-0.1, -0.05) is 54.2 Å². The minimum atomic E-state index is -0.409. The van der Waals surface area contributed by atoms with Crippen molar-refractivity contribution in [3.8, 4) is 0 Å². The average Bonchev–Trinajstić information content (AvgIpc) is 3.24. The Balaban J connectivity index is 1.36. The molecule has 3 aromatic carbocycles. The van der Waals surface area contributed by atoms with Gasteiger partial charge >= 0.3 is 0 Å². The van der Waals surface area contributed by atoms with E-state index in [4.69, 9.17) is 0 Å². The minimum absolute atomic E-state index is 0.209. The molecule has 35 heavy (non-hydrogen) atoms. The molecule has 9 heteroatoms. The fourth-order valence-corrected chi connectivity index (χ4v) is 4.59. The lowest BCUT2D eigenvalue weighted by Crippen LogP contribution is -2.27. The molecule has 4 rings (SSSR count). The number of rotatable bonds is 10. The van der Waals surface area contributed by atoms with Crippen LogP contribution in [0.5, 0.6) is 0 Å². The van der Waals surface area contributed by atoms with E-state index in [0.717, 1.165) is 27.8 Å². The number of benzene rings is 3. The van der Waals surface area contributed by atoms with Crippen molar-refractivity contribution < 1.29 is 4.79 Å². The van der Waals surface area contributed by atoms with Gasteiger partial charge in [-0.05, 0) is 76.2 Å². The standard InChI is InChI=1S/C26H25IN6OS/c1-3-14-33-24(17-28-23-12-10-22(27)11-13-23)30-32-26(33)35-18(2)25(34)31-29-16-19-8-9-20-6-4-5-7-21(20)15-19/h3-13,15-16,18,28H,1,14,17H2,2H3,(H,31,34)/t18-/m0/s1. The van der Waals surface area contributed by atoms with E-state index in [0.29, 0.717) is 18.2 Å². The van der Waals surface area contributed by atoms with Crippen LogP contribution < -0.4 is 10.7 Å². The summed E-state index contributed by atoms with van der Waals surface area (Å²) in [5.41, 5.74) is 4.55. The number of hydrazone groups is 1. The van der Waals surface area contributed by atoms with E-state index in [2.05, 4.69) is 61.3 Å². The molecule has 0 bridgehead atoms. The smallest absolute Gasteiger partial charge is 0.253 e. The van der Waals surface area contributed by atoms with Crippen LogP contribution in [0.25, 0.3) is 10.8 Å². The fourth-order valence-electron chi connectivity index (χ4n) is 3.36. The molecule has 0 aliphatic carbocycles. The van der Waals surface area contributed by atoms with Crippen molar-refractivity contribution >= 4 is 62.9 Å². The predicted molar refractivity (Wildman–Crippen MR) is 152 cm³/mol. The molecule has 0 unspecified atom stereocenters. The molecule has 0 saturated heterocycles. The highest BCUT2D eigenvalue weighted by Gasteiger charge is 2.19. The van der Waals surface area contributed by atoms with Gasteiger partial charge in [0.05, 0.1) is 18.0 Å². The van der Waals surface area contributed by atoms with Crippen molar-refractivity contribution in [2.75, 3.05) is 5.32 Å². The third-order valence-corrected chi connectivity index (χ3v) is 7.01. The van der Waals surface area contributed by atoms with Crippen LogP contribution in [0.4, 0.5) is 5.69 Å². The Bertz CT molecular complexity index is 1350. The van der Waals surface area contributed by atoms with Crippen molar-refractivity contribution in [2.45, 2.75) is 30.4 Å². The number of nitrogens with one attached hydrogen (secondary N) is 2. The van der Waals surface area contributed by atoms with Crippen LogP contribution in [-0.4, -0.2) is 32.1 Å². The molecule has 1 atom stereocenters. The lowest BCUT2D eigenvalue weighted by molar-refractivity contribution is -0.120. The lowest BCUT2D eigenvalue weighted by atomic mass is 10.1. The zero-order chi connectivity index (χ0) is 24.6. The summed E-state index contributed by atoms with van der Waals surface area (Å²) in [4.78, 5) is 12.6. The number of amides is 1. The summed E-state index contributed by atoms with van der Waals surface area (Å²) in [6, 6.07) is 22.3. The molecule has 0 spiro atoms. The normalized spacial score (nSPS) is 12.1. The number of anilines is 1. The van der Waals surface area contributed by atoms with Gasteiger partial charge in [0.25, 0.3) is 5.91 Å². The molecule has 0 saturated carbocycles. The van der Waals surface area contributed by atoms with Crippen molar-refractivity contribution in [1.29, 1.82) is 0 Å². The summed E-state index contributed by atoms with van der Waals surface area (Å²) < 4.78 is 3.13. The second-order valence-corrected chi connectivity index (χ2v) is 10.3. The Morgan fingerprint density at radius 2 is 1.91 bits per heavy atom. The highest BCUT2D eigenvalue weighted by molar-refractivity contribution is 14.1. The molecule has 0 fully saturated rings. The maximum Gasteiger partial charge on any atom is 0.253 e. The molecule has 178 valence electrons. The third-order valence-electron chi connectivity index (χ3n) is 5.21. The van der Waals surface area contributed by atoms with Gasteiger partial charge in [-0.2, -0.15) is 5.10 Å². The van der Waals surface area contributed by atoms with Crippen LogP contribution in [0, 0.1) is 3.57 Å². The molecule has 4 aromatic rings. The highest BCUT2D eigenvalue weighted by Crippen LogP contribution is 2.23. The largest absolute Gasteiger partial charge is 0.378 e. The first-order valence-electron chi connectivity index (χ1n) is 11.0. The van der Waals surface area contributed by atoms with Crippen molar-refractivity contribution in [1.82, 2.24) is 20.2 Å². The topological polar surface area (TPSA) is 84.2 Å². The van der Waals surface area contributed by atoms with Crippen molar-refractivity contribution in [3.63, 3.8) is 0 Å². The fraction of sp³-hybridized carbons (Fsp3) is 0.154. The van der Waals surface area contributed by atoms with E-state index in [1.54, 1.807) is 12.3 Å². The number of aromatic nitrogens is 3. The van der Waals surface area contributed by atoms with Gasteiger partial charge in [-0.3, -0.25) is 4.79 Å². The molecule has 0 aliphatic rings. The maximum absolute atomic E-state index is 12.6. The van der Waals surface area contributed by atoms with Crippen LogP contribution in [0.2, 0.25) is 0 Å². The number of carbonyl (C=O) groups excluding carboxylic acids is 1. The zero-order valence-corrected chi connectivity index (χ0v) is 22.2. The number of carbonyl (C=O) groups is 1. The number of hydrogen-bond acceptors (Lipinski definition) is 6. The quantitative estimate of drug-likeness (QED) is 0.0835. The van der Waals surface area contributed by atoms with Gasteiger partial charge < -0.3 is 9.88 Å². The van der Waals surface area contributed by atoms with E-state index < -0.39 is 5.25 Å². The van der Waals surface area contributed by atoms with Crippen LogP contribution in [0.1, 0.15) is 18.3 Å². The first-order valence-corrected chi connectivity index (χ1v) is 13.0. The van der Waals surface area contributed by atoms with Crippen LogP contribution in [0.15, 0.2) is 89.6 Å². The Hall–Kier alpha value is -3.18. The number of fused-ring (bicyclic) bond motifs is 1. The summed E-state index contributed by atoms with van der Waals surface area (Å²) in [7, 11) is 0. The second kappa shape index (κ2) is 12.0. The summed E-state index contributed by atoms with van der Waals surface area (Å²) in [5.74, 6) is 0.562. The summed E-state index contributed by atoms with van der Waals surface area (Å²) in [6.45, 7) is 6.73. The van der Waals surface area contributed by atoms with E-state index >= 15 is 0 Å². The van der Waals surface area contributed by atoms with Crippen molar-refractivity contribution in [3.05, 3.63) is 94.3 Å². The van der Waals surface area contributed by atoms with Crippen LogP contribution in [-0.2, 0) is 17.9 Å². The molecule has 1 heterocycles. The van der Waals surface area contributed by atoms with E-state index in [1.165, 1.54) is 15.3 Å².